The first-order valence-corrected chi connectivity index (χ1v) is 6.81. The van der Waals surface area contributed by atoms with E-state index in [0.717, 1.165) is 30.1 Å². The van der Waals surface area contributed by atoms with E-state index >= 15 is 0 Å². The highest BCUT2D eigenvalue weighted by Gasteiger charge is 2.11. The number of thioether (sulfide) groups is 1. The van der Waals surface area contributed by atoms with Crippen LogP contribution in [0.4, 0.5) is 0 Å². The van der Waals surface area contributed by atoms with Gasteiger partial charge in [-0.25, -0.2) is 4.79 Å². The summed E-state index contributed by atoms with van der Waals surface area (Å²) in [7, 11) is 3.16. The number of carboxylic acid groups (broad SMARTS) is 1. The number of carbonyl (C=O) groups is 1. The minimum absolute atomic E-state index is 0.215. The number of hydrogen-bond donors (Lipinski definition) is 1. The molecular weight excluding hydrogens is 252 g/mol. The molecule has 0 aromatic heterocycles. The van der Waals surface area contributed by atoms with Crippen molar-refractivity contribution in [1.29, 1.82) is 0 Å². The largest absolute Gasteiger partial charge is 0.496 e. The molecule has 0 atom stereocenters. The number of methoxy groups -OCH3 is 2. The molecule has 0 aliphatic carbocycles. The summed E-state index contributed by atoms with van der Waals surface area (Å²) < 4.78 is 9.98. The molecule has 4 nitrogen and oxygen atoms in total. The number of hydrogen-bond acceptors (Lipinski definition) is 4. The van der Waals surface area contributed by atoms with E-state index in [9.17, 15) is 4.79 Å². The van der Waals surface area contributed by atoms with Crippen LogP contribution in [0, 0.1) is 0 Å². The normalized spacial score (nSPS) is 10.3. The molecule has 0 spiro atoms. The van der Waals surface area contributed by atoms with Crippen molar-refractivity contribution < 1.29 is 19.4 Å². The van der Waals surface area contributed by atoms with Gasteiger partial charge in [0.2, 0.25) is 0 Å². The SMILES string of the molecule is COCCCSCc1ccc(OC)c(C(=O)O)c1. The van der Waals surface area contributed by atoms with Crippen molar-refractivity contribution in [3.63, 3.8) is 0 Å². The van der Waals surface area contributed by atoms with Crippen molar-refractivity contribution in [2.45, 2.75) is 12.2 Å². The van der Waals surface area contributed by atoms with Gasteiger partial charge in [-0.05, 0) is 29.9 Å². The summed E-state index contributed by atoms with van der Waals surface area (Å²) >= 11 is 1.77. The van der Waals surface area contributed by atoms with Gasteiger partial charge in [-0.2, -0.15) is 11.8 Å². The molecule has 0 aliphatic rings. The predicted molar refractivity (Wildman–Crippen MR) is 72.6 cm³/mol. The van der Waals surface area contributed by atoms with Crippen molar-refractivity contribution in [3.8, 4) is 5.75 Å². The van der Waals surface area contributed by atoms with Gasteiger partial charge in [0.05, 0.1) is 7.11 Å². The summed E-state index contributed by atoms with van der Waals surface area (Å²) in [6.07, 6.45) is 1.00. The zero-order valence-electron chi connectivity index (χ0n) is 10.6. The first kappa shape index (κ1) is 14.9. The van der Waals surface area contributed by atoms with Gasteiger partial charge >= 0.3 is 5.97 Å². The molecule has 0 fully saturated rings. The number of rotatable bonds is 8. The third kappa shape index (κ3) is 4.58. The van der Waals surface area contributed by atoms with E-state index in [2.05, 4.69) is 0 Å². The Morgan fingerprint density at radius 2 is 2.17 bits per heavy atom. The summed E-state index contributed by atoms with van der Waals surface area (Å²) in [5, 5.41) is 9.06. The lowest BCUT2D eigenvalue weighted by Crippen LogP contribution is -2.01. The predicted octanol–water partition coefficient (Wildman–Crippen LogP) is 2.66. The van der Waals surface area contributed by atoms with Crippen LogP contribution in [-0.2, 0) is 10.5 Å². The van der Waals surface area contributed by atoms with Crippen LogP contribution in [0.1, 0.15) is 22.3 Å². The monoisotopic (exact) mass is 270 g/mol. The molecule has 0 saturated carbocycles. The highest BCUT2D eigenvalue weighted by Crippen LogP contribution is 2.22. The fourth-order valence-electron chi connectivity index (χ4n) is 1.51. The van der Waals surface area contributed by atoms with Crippen LogP contribution >= 0.6 is 11.8 Å². The molecule has 0 heterocycles. The Hall–Kier alpha value is -1.20. The first-order valence-electron chi connectivity index (χ1n) is 5.66. The van der Waals surface area contributed by atoms with Crippen molar-refractivity contribution in [1.82, 2.24) is 0 Å². The fourth-order valence-corrected chi connectivity index (χ4v) is 2.39. The Kier molecular flexibility index (Phi) is 6.60. The molecule has 0 unspecified atom stereocenters. The van der Waals surface area contributed by atoms with E-state index in [1.807, 2.05) is 6.07 Å². The third-order valence-electron chi connectivity index (χ3n) is 2.40. The summed E-state index contributed by atoms with van der Waals surface area (Å²) in [6.45, 7) is 0.760. The maximum atomic E-state index is 11.0. The lowest BCUT2D eigenvalue weighted by Gasteiger charge is -2.07. The van der Waals surface area contributed by atoms with Crippen LogP contribution in [0.25, 0.3) is 0 Å². The number of aromatic carboxylic acids is 1. The standard InChI is InChI=1S/C13H18O4S/c1-16-6-3-7-18-9-10-4-5-12(17-2)11(8-10)13(14)15/h4-5,8H,3,6-7,9H2,1-2H3,(H,14,15). The molecule has 1 N–H and O–H groups in total. The van der Waals surface area contributed by atoms with Gasteiger partial charge < -0.3 is 14.6 Å². The molecule has 0 bridgehead atoms. The zero-order valence-corrected chi connectivity index (χ0v) is 11.5. The molecule has 5 heteroatoms. The number of benzene rings is 1. The Labute approximate surface area is 111 Å². The van der Waals surface area contributed by atoms with Gasteiger partial charge in [-0.1, -0.05) is 6.07 Å². The maximum absolute atomic E-state index is 11.0. The first-order chi connectivity index (χ1) is 8.69. The lowest BCUT2D eigenvalue weighted by atomic mass is 10.1. The Morgan fingerprint density at radius 1 is 1.39 bits per heavy atom. The van der Waals surface area contributed by atoms with Gasteiger partial charge in [0.1, 0.15) is 11.3 Å². The van der Waals surface area contributed by atoms with Crippen LogP contribution in [-0.4, -0.2) is 37.7 Å². The third-order valence-corrected chi connectivity index (χ3v) is 3.51. The maximum Gasteiger partial charge on any atom is 0.339 e. The Morgan fingerprint density at radius 3 is 2.78 bits per heavy atom. The summed E-state index contributed by atoms with van der Waals surface area (Å²) in [5.41, 5.74) is 1.21. The molecule has 0 amide bonds. The molecule has 1 aromatic carbocycles. The van der Waals surface area contributed by atoms with Crippen molar-refractivity contribution in [2.75, 3.05) is 26.6 Å². The van der Waals surface area contributed by atoms with Crippen molar-refractivity contribution in [3.05, 3.63) is 29.3 Å². The van der Waals surface area contributed by atoms with Crippen LogP contribution in [0.3, 0.4) is 0 Å². The average molecular weight is 270 g/mol. The van der Waals surface area contributed by atoms with Gasteiger partial charge in [0.15, 0.2) is 0 Å². The molecule has 100 valence electrons. The molecule has 0 radical (unpaired) electrons. The minimum Gasteiger partial charge on any atom is -0.496 e. The van der Waals surface area contributed by atoms with E-state index in [1.165, 1.54) is 7.11 Å². The lowest BCUT2D eigenvalue weighted by molar-refractivity contribution is 0.0693. The number of carboxylic acids is 1. The highest BCUT2D eigenvalue weighted by molar-refractivity contribution is 7.98. The minimum atomic E-state index is -0.960. The van der Waals surface area contributed by atoms with E-state index < -0.39 is 5.97 Å². The smallest absolute Gasteiger partial charge is 0.339 e. The Bertz CT molecular complexity index is 393. The van der Waals surface area contributed by atoms with Crippen LogP contribution in [0.2, 0.25) is 0 Å². The van der Waals surface area contributed by atoms with Crippen molar-refractivity contribution in [2.24, 2.45) is 0 Å². The van der Waals surface area contributed by atoms with E-state index in [0.29, 0.717) is 5.75 Å². The molecule has 1 aromatic rings. The van der Waals surface area contributed by atoms with Crippen LogP contribution in [0.15, 0.2) is 18.2 Å². The summed E-state index contributed by atoms with van der Waals surface area (Å²) in [4.78, 5) is 11.0. The quantitative estimate of drug-likeness (QED) is 0.736. The van der Waals surface area contributed by atoms with Crippen molar-refractivity contribution >= 4 is 17.7 Å². The molecule has 0 aliphatic heterocycles. The molecular formula is C13H18O4S. The second kappa shape index (κ2) is 8.00. The highest BCUT2D eigenvalue weighted by atomic mass is 32.2. The van der Waals surface area contributed by atoms with E-state index in [4.69, 9.17) is 14.6 Å². The van der Waals surface area contributed by atoms with E-state index in [-0.39, 0.29) is 5.56 Å². The topological polar surface area (TPSA) is 55.8 Å². The van der Waals surface area contributed by atoms with Gasteiger partial charge in [0, 0.05) is 19.5 Å². The fraction of sp³-hybridized carbons (Fsp3) is 0.462. The summed E-state index contributed by atoms with van der Waals surface area (Å²) in [6, 6.07) is 5.27. The average Bonchev–Trinajstić information content (AvgIpc) is 2.38. The zero-order chi connectivity index (χ0) is 13.4. The van der Waals surface area contributed by atoms with Crippen LogP contribution < -0.4 is 4.74 Å². The summed E-state index contributed by atoms with van der Waals surface area (Å²) in [5.74, 6) is 1.24. The molecule has 18 heavy (non-hydrogen) atoms. The second-order valence-corrected chi connectivity index (χ2v) is 4.84. The van der Waals surface area contributed by atoms with Gasteiger partial charge in [-0.3, -0.25) is 0 Å². The van der Waals surface area contributed by atoms with Gasteiger partial charge in [0.25, 0.3) is 0 Å². The second-order valence-electron chi connectivity index (χ2n) is 3.74. The van der Waals surface area contributed by atoms with Gasteiger partial charge in [-0.15, -0.1) is 0 Å². The molecule has 1 rings (SSSR count). The Balaban J connectivity index is 2.56. The van der Waals surface area contributed by atoms with E-state index in [1.54, 1.807) is 31.0 Å². The van der Waals surface area contributed by atoms with Crippen LogP contribution in [0.5, 0.6) is 5.75 Å². The molecule has 0 saturated heterocycles. The number of ether oxygens (including phenoxy) is 2.